The fourth-order valence-electron chi connectivity index (χ4n) is 1.31. The van der Waals surface area contributed by atoms with Gasteiger partial charge in [-0.1, -0.05) is 22.4 Å². The van der Waals surface area contributed by atoms with Gasteiger partial charge in [0.2, 0.25) is 0 Å². The van der Waals surface area contributed by atoms with Gasteiger partial charge in [-0.3, -0.25) is 0 Å². The SMILES string of the molecule is O=S(=O)(NC1CCCC1Br)C(F)F. The average Bonchev–Trinajstić information content (AvgIpc) is 2.35. The Bertz CT molecular complexity index is 270. The zero-order chi connectivity index (χ0) is 10.1. The van der Waals surface area contributed by atoms with Crippen LogP contribution in [0.1, 0.15) is 19.3 Å². The van der Waals surface area contributed by atoms with Gasteiger partial charge in [-0.15, -0.1) is 0 Å². The molecular weight excluding hydrogens is 268 g/mol. The summed E-state index contributed by atoms with van der Waals surface area (Å²) in [5.74, 6) is -3.34. The van der Waals surface area contributed by atoms with Gasteiger partial charge in [-0.2, -0.15) is 8.78 Å². The quantitative estimate of drug-likeness (QED) is 0.794. The van der Waals surface area contributed by atoms with Crippen molar-refractivity contribution in [3.05, 3.63) is 0 Å². The predicted octanol–water partition coefficient (Wildman–Crippen LogP) is 1.44. The summed E-state index contributed by atoms with van der Waals surface area (Å²) >= 11 is 3.23. The Morgan fingerprint density at radius 3 is 2.38 bits per heavy atom. The van der Waals surface area contributed by atoms with E-state index in [1.54, 1.807) is 0 Å². The molecule has 0 aromatic rings. The Morgan fingerprint density at radius 2 is 2.00 bits per heavy atom. The lowest BCUT2D eigenvalue weighted by molar-refractivity contribution is 0.231. The minimum atomic E-state index is -4.43. The van der Waals surface area contributed by atoms with E-state index in [2.05, 4.69) is 15.9 Å². The second-order valence-corrected chi connectivity index (χ2v) is 5.84. The first-order valence-electron chi connectivity index (χ1n) is 3.87. The van der Waals surface area contributed by atoms with Crippen LogP contribution in [0.2, 0.25) is 0 Å². The highest BCUT2D eigenvalue weighted by molar-refractivity contribution is 9.09. The van der Waals surface area contributed by atoms with Crippen molar-refractivity contribution in [3.63, 3.8) is 0 Å². The van der Waals surface area contributed by atoms with Gasteiger partial charge < -0.3 is 0 Å². The molecule has 1 aliphatic rings. The van der Waals surface area contributed by atoms with Crippen molar-refractivity contribution < 1.29 is 17.2 Å². The van der Waals surface area contributed by atoms with Gasteiger partial charge in [0.15, 0.2) is 0 Å². The van der Waals surface area contributed by atoms with Gasteiger partial charge in [0.05, 0.1) is 0 Å². The molecule has 0 saturated heterocycles. The lowest BCUT2D eigenvalue weighted by Crippen LogP contribution is -2.40. The largest absolute Gasteiger partial charge is 0.350 e. The molecule has 0 heterocycles. The minimum absolute atomic E-state index is 0.0268. The van der Waals surface area contributed by atoms with Crippen molar-refractivity contribution in [2.45, 2.75) is 35.9 Å². The number of halogens is 3. The molecule has 0 aromatic heterocycles. The van der Waals surface area contributed by atoms with Crippen molar-refractivity contribution in [3.8, 4) is 0 Å². The number of hydrogen-bond acceptors (Lipinski definition) is 2. The van der Waals surface area contributed by atoms with E-state index in [1.807, 2.05) is 4.72 Å². The summed E-state index contributed by atoms with van der Waals surface area (Å²) < 4.78 is 47.3. The Kier molecular flexibility index (Phi) is 3.64. The van der Waals surface area contributed by atoms with Crippen LogP contribution in [0.4, 0.5) is 8.78 Å². The highest BCUT2D eigenvalue weighted by atomic mass is 79.9. The van der Waals surface area contributed by atoms with E-state index in [1.165, 1.54) is 0 Å². The van der Waals surface area contributed by atoms with Crippen LogP contribution in [0.3, 0.4) is 0 Å². The van der Waals surface area contributed by atoms with Gasteiger partial charge >= 0.3 is 5.76 Å². The van der Waals surface area contributed by atoms with E-state index < -0.39 is 15.8 Å². The van der Waals surface area contributed by atoms with Crippen LogP contribution in [0.15, 0.2) is 0 Å². The molecule has 3 nitrogen and oxygen atoms in total. The molecular formula is C6H10BrF2NO2S. The molecule has 0 radical (unpaired) electrons. The molecule has 2 atom stereocenters. The molecule has 1 N–H and O–H groups in total. The second kappa shape index (κ2) is 4.18. The van der Waals surface area contributed by atoms with Gasteiger partial charge in [-0.25, -0.2) is 13.1 Å². The molecule has 78 valence electrons. The van der Waals surface area contributed by atoms with E-state index in [9.17, 15) is 17.2 Å². The van der Waals surface area contributed by atoms with E-state index in [4.69, 9.17) is 0 Å². The number of alkyl halides is 3. The smallest absolute Gasteiger partial charge is 0.206 e. The third kappa shape index (κ3) is 2.85. The molecule has 1 fully saturated rings. The summed E-state index contributed by atoms with van der Waals surface area (Å²) in [6.45, 7) is 0. The van der Waals surface area contributed by atoms with Crippen molar-refractivity contribution in [2.24, 2.45) is 0 Å². The summed E-state index contributed by atoms with van der Waals surface area (Å²) in [5.41, 5.74) is 0. The summed E-state index contributed by atoms with van der Waals surface area (Å²) in [4.78, 5) is -0.0268. The number of hydrogen-bond donors (Lipinski definition) is 1. The molecule has 1 aliphatic carbocycles. The number of rotatable bonds is 3. The summed E-state index contributed by atoms with van der Waals surface area (Å²) in [5, 5.41) is 0. The fourth-order valence-corrected chi connectivity index (χ4v) is 3.01. The van der Waals surface area contributed by atoms with Crippen LogP contribution in [0.5, 0.6) is 0 Å². The molecule has 2 unspecified atom stereocenters. The Morgan fingerprint density at radius 1 is 1.38 bits per heavy atom. The zero-order valence-electron chi connectivity index (χ0n) is 6.71. The van der Waals surface area contributed by atoms with E-state index in [0.717, 1.165) is 12.8 Å². The molecule has 0 bridgehead atoms. The van der Waals surface area contributed by atoms with Crippen LogP contribution in [0, 0.1) is 0 Å². The van der Waals surface area contributed by atoms with Gasteiger partial charge in [0.25, 0.3) is 10.0 Å². The van der Waals surface area contributed by atoms with Crippen molar-refractivity contribution in [1.82, 2.24) is 4.72 Å². The maximum Gasteiger partial charge on any atom is 0.350 e. The Balaban J connectivity index is 2.58. The lowest BCUT2D eigenvalue weighted by atomic mass is 10.3. The highest BCUT2D eigenvalue weighted by Gasteiger charge is 2.32. The first kappa shape index (κ1) is 11.3. The number of nitrogens with one attached hydrogen (secondary N) is 1. The Hall–Kier alpha value is 0.250. The summed E-state index contributed by atoms with van der Waals surface area (Å²) in [7, 11) is -4.43. The molecule has 0 spiro atoms. The van der Waals surface area contributed by atoms with Gasteiger partial charge in [-0.05, 0) is 12.8 Å². The summed E-state index contributed by atoms with van der Waals surface area (Å²) in [6, 6.07) is -0.390. The molecule has 0 aromatic carbocycles. The van der Waals surface area contributed by atoms with E-state index in [0.29, 0.717) is 6.42 Å². The lowest BCUT2D eigenvalue weighted by Gasteiger charge is -2.15. The molecule has 7 heteroatoms. The van der Waals surface area contributed by atoms with Crippen LogP contribution < -0.4 is 4.72 Å². The molecule has 13 heavy (non-hydrogen) atoms. The third-order valence-corrected chi connectivity index (χ3v) is 4.18. The topological polar surface area (TPSA) is 46.2 Å². The highest BCUT2D eigenvalue weighted by Crippen LogP contribution is 2.26. The van der Waals surface area contributed by atoms with Crippen LogP contribution >= 0.6 is 15.9 Å². The van der Waals surface area contributed by atoms with E-state index in [-0.39, 0.29) is 10.9 Å². The Labute approximate surface area is 84.1 Å². The normalized spacial score (nSPS) is 29.8. The standard InChI is InChI=1S/C6H10BrF2NO2S/c7-4-2-1-3-5(4)10-13(11,12)6(8)9/h4-6,10H,1-3H2. The number of sulfonamides is 1. The molecule has 0 amide bonds. The molecule has 1 rings (SSSR count). The maximum absolute atomic E-state index is 11.9. The van der Waals surface area contributed by atoms with E-state index >= 15 is 0 Å². The van der Waals surface area contributed by atoms with Crippen molar-refractivity contribution >= 4 is 26.0 Å². The molecule has 0 aliphatic heterocycles. The third-order valence-electron chi connectivity index (χ3n) is 1.98. The fraction of sp³-hybridized carbons (Fsp3) is 1.00. The van der Waals surface area contributed by atoms with Gasteiger partial charge in [0.1, 0.15) is 0 Å². The predicted molar refractivity (Wildman–Crippen MR) is 48.4 cm³/mol. The van der Waals surface area contributed by atoms with Gasteiger partial charge in [0, 0.05) is 10.9 Å². The first-order valence-corrected chi connectivity index (χ1v) is 6.33. The van der Waals surface area contributed by atoms with Crippen LogP contribution in [0.25, 0.3) is 0 Å². The molecule has 1 saturated carbocycles. The maximum atomic E-state index is 11.9. The minimum Gasteiger partial charge on any atom is -0.206 e. The van der Waals surface area contributed by atoms with Crippen molar-refractivity contribution in [1.29, 1.82) is 0 Å². The monoisotopic (exact) mass is 277 g/mol. The average molecular weight is 278 g/mol. The zero-order valence-corrected chi connectivity index (χ0v) is 9.11. The van der Waals surface area contributed by atoms with Crippen LogP contribution in [-0.4, -0.2) is 25.0 Å². The second-order valence-electron chi connectivity index (χ2n) is 2.98. The summed E-state index contributed by atoms with van der Waals surface area (Å²) in [6.07, 6.45) is 2.28. The van der Waals surface area contributed by atoms with Crippen LogP contribution in [-0.2, 0) is 10.0 Å². The van der Waals surface area contributed by atoms with Crippen molar-refractivity contribution in [2.75, 3.05) is 0 Å². The first-order chi connectivity index (χ1) is 5.93.